The predicted molar refractivity (Wildman–Crippen MR) is 69.0 cm³/mol. The lowest BCUT2D eigenvalue weighted by Gasteiger charge is -2.21. The van der Waals surface area contributed by atoms with E-state index in [-0.39, 0.29) is 24.3 Å². The van der Waals surface area contributed by atoms with E-state index >= 15 is 0 Å². The normalized spacial score (nSPS) is 14.2. The summed E-state index contributed by atoms with van der Waals surface area (Å²) in [5.74, 6) is -1.10. The Balaban J connectivity index is 2.65. The van der Waals surface area contributed by atoms with Gasteiger partial charge in [0.05, 0.1) is 6.42 Å². The summed E-state index contributed by atoms with van der Waals surface area (Å²) in [5, 5.41) is 12.2. The lowest BCUT2D eigenvalue weighted by Crippen LogP contribution is -2.39. The fraction of sp³-hybridized carbons (Fsp3) is 0.500. The van der Waals surface area contributed by atoms with Crippen LogP contribution in [0.25, 0.3) is 0 Å². The molecular formula is C14H20FNO2. The molecule has 2 N–H and O–H groups in total. The third-order valence-corrected chi connectivity index (χ3v) is 2.95. The first-order valence-corrected chi connectivity index (χ1v) is 6.23. The number of aliphatic carboxylic acids is 1. The van der Waals surface area contributed by atoms with E-state index in [9.17, 15) is 9.18 Å². The molecule has 0 fully saturated rings. The van der Waals surface area contributed by atoms with Crippen molar-refractivity contribution in [3.63, 3.8) is 0 Å². The molecule has 0 bridgehead atoms. The van der Waals surface area contributed by atoms with E-state index < -0.39 is 5.97 Å². The highest BCUT2D eigenvalue weighted by Gasteiger charge is 2.15. The minimum absolute atomic E-state index is 0.0711. The van der Waals surface area contributed by atoms with Crippen LogP contribution in [0.15, 0.2) is 24.3 Å². The first kappa shape index (κ1) is 14.6. The number of halogens is 1. The predicted octanol–water partition coefficient (Wildman–Crippen LogP) is 2.60. The van der Waals surface area contributed by atoms with Crippen molar-refractivity contribution >= 4 is 5.97 Å². The number of rotatable bonds is 7. The minimum atomic E-state index is -0.821. The number of carboxylic acid groups (broad SMARTS) is 1. The van der Waals surface area contributed by atoms with Crippen molar-refractivity contribution in [1.82, 2.24) is 5.32 Å². The van der Waals surface area contributed by atoms with Crippen LogP contribution in [-0.2, 0) is 11.2 Å². The summed E-state index contributed by atoms with van der Waals surface area (Å²) in [6.45, 7) is 4.08. The molecule has 0 radical (unpaired) electrons. The number of benzene rings is 1. The lowest BCUT2D eigenvalue weighted by atomic mass is 10.0. The molecule has 0 aliphatic carbocycles. The Bertz CT molecular complexity index is 378. The molecule has 0 aliphatic heterocycles. The van der Waals surface area contributed by atoms with Gasteiger partial charge in [0.15, 0.2) is 0 Å². The van der Waals surface area contributed by atoms with Crippen molar-refractivity contribution in [3.8, 4) is 0 Å². The molecule has 3 nitrogen and oxygen atoms in total. The molecule has 18 heavy (non-hydrogen) atoms. The molecule has 0 spiro atoms. The number of hydrogen-bond acceptors (Lipinski definition) is 2. The molecule has 0 saturated heterocycles. The SMILES string of the molecule is CCC(C)NC(CC(=O)O)Cc1ccc(F)cc1. The molecule has 0 heterocycles. The van der Waals surface area contributed by atoms with Gasteiger partial charge in [0.2, 0.25) is 0 Å². The van der Waals surface area contributed by atoms with Gasteiger partial charge in [-0.2, -0.15) is 0 Å². The van der Waals surface area contributed by atoms with Crippen molar-refractivity contribution in [2.75, 3.05) is 0 Å². The first-order chi connectivity index (χ1) is 8.51. The van der Waals surface area contributed by atoms with Crippen molar-refractivity contribution in [2.24, 2.45) is 0 Å². The maximum atomic E-state index is 12.8. The summed E-state index contributed by atoms with van der Waals surface area (Å²) in [5.41, 5.74) is 0.943. The van der Waals surface area contributed by atoms with Gasteiger partial charge in [-0.25, -0.2) is 4.39 Å². The fourth-order valence-corrected chi connectivity index (χ4v) is 1.83. The van der Waals surface area contributed by atoms with Gasteiger partial charge in [-0.05, 0) is 37.5 Å². The van der Waals surface area contributed by atoms with Crippen LogP contribution in [-0.4, -0.2) is 23.2 Å². The van der Waals surface area contributed by atoms with Gasteiger partial charge in [-0.1, -0.05) is 19.1 Å². The maximum absolute atomic E-state index is 12.8. The molecule has 0 saturated carbocycles. The molecular weight excluding hydrogens is 233 g/mol. The summed E-state index contributed by atoms with van der Waals surface area (Å²) in [7, 11) is 0. The molecule has 2 atom stereocenters. The van der Waals surface area contributed by atoms with Crippen molar-refractivity contribution < 1.29 is 14.3 Å². The highest BCUT2D eigenvalue weighted by molar-refractivity contribution is 5.67. The second kappa shape index (κ2) is 7.11. The Morgan fingerprint density at radius 3 is 2.50 bits per heavy atom. The van der Waals surface area contributed by atoms with Crippen LogP contribution in [0.1, 0.15) is 32.3 Å². The van der Waals surface area contributed by atoms with Crippen LogP contribution in [0.3, 0.4) is 0 Å². The summed E-state index contributed by atoms with van der Waals surface area (Å²) in [6.07, 6.45) is 1.61. The number of nitrogens with one attached hydrogen (secondary N) is 1. The van der Waals surface area contributed by atoms with E-state index in [1.165, 1.54) is 12.1 Å². The molecule has 1 rings (SSSR count). The van der Waals surface area contributed by atoms with Crippen molar-refractivity contribution in [2.45, 2.75) is 45.2 Å². The Morgan fingerprint density at radius 2 is 2.00 bits per heavy atom. The standard InChI is InChI=1S/C14H20FNO2/c1-3-10(2)16-13(9-14(17)18)8-11-4-6-12(15)7-5-11/h4-7,10,13,16H,3,8-9H2,1-2H3,(H,17,18). The Hall–Kier alpha value is -1.42. The van der Waals surface area contributed by atoms with Crippen LogP contribution in [0.5, 0.6) is 0 Å². The van der Waals surface area contributed by atoms with Crippen molar-refractivity contribution in [1.29, 1.82) is 0 Å². The minimum Gasteiger partial charge on any atom is -0.481 e. The zero-order valence-electron chi connectivity index (χ0n) is 10.8. The van der Waals surface area contributed by atoms with Crippen LogP contribution in [0.2, 0.25) is 0 Å². The average Bonchev–Trinajstić information content (AvgIpc) is 2.31. The highest BCUT2D eigenvalue weighted by Crippen LogP contribution is 2.09. The summed E-state index contributed by atoms with van der Waals surface area (Å²) < 4.78 is 12.8. The Morgan fingerprint density at radius 1 is 1.39 bits per heavy atom. The van der Waals surface area contributed by atoms with Gasteiger partial charge in [0.1, 0.15) is 5.82 Å². The molecule has 1 aromatic carbocycles. The fourth-order valence-electron chi connectivity index (χ4n) is 1.83. The third-order valence-electron chi connectivity index (χ3n) is 2.95. The highest BCUT2D eigenvalue weighted by atomic mass is 19.1. The summed E-state index contributed by atoms with van der Waals surface area (Å²) >= 11 is 0. The van der Waals surface area contributed by atoms with E-state index in [0.29, 0.717) is 6.42 Å². The second-order valence-electron chi connectivity index (χ2n) is 4.60. The summed E-state index contributed by atoms with van der Waals surface area (Å²) in [6, 6.07) is 6.34. The van der Waals surface area contributed by atoms with Crippen molar-refractivity contribution in [3.05, 3.63) is 35.6 Å². The van der Waals surface area contributed by atoms with E-state index in [1.807, 2.05) is 13.8 Å². The number of carbonyl (C=O) groups is 1. The third kappa shape index (κ3) is 5.27. The molecule has 100 valence electrons. The zero-order chi connectivity index (χ0) is 13.5. The van der Waals surface area contributed by atoms with Gasteiger partial charge >= 0.3 is 5.97 Å². The first-order valence-electron chi connectivity index (χ1n) is 6.23. The van der Waals surface area contributed by atoms with Crippen LogP contribution >= 0.6 is 0 Å². The van der Waals surface area contributed by atoms with E-state index in [0.717, 1.165) is 12.0 Å². The zero-order valence-corrected chi connectivity index (χ0v) is 10.8. The van der Waals surface area contributed by atoms with Gasteiger partial charge in [0.25, 0.3) is 0 Å². The second-order valence-corrected chi connectivity index (χ2v) is 4.60. The molecule has 2 unspecified atom stereocenters. The van der Waals surface area contributed by atoms with E-state index in [2.05, 4.69) is 5.32 Å². The average molecular weight is 253 g/mol. The van der Waals surface area contributed by atoms with E-state index in [4.69, 9.17) is 5.11 Å². The number of carboxylic acids is 1. The van der Waals surface area contributed by atoms with Crippen LogP contribution < -0.4 is 5.32 Å². The van der Waals surface area contributed by atoms with E-state index in [1.54, 1.807) is 12.1 Å². The van der Waals surface area contributed by atoms with Gasteiger partial charge in [-0.15, -0.1) is 0 Å². The molecule has 0 aliphatic rings. The maximum Gasteiger partial charge on any atom is 0.304 e. The Kier molecular flexibility index (Phi) is 5.78. The molecule has 0 amide bonds. The molecule has 4 heteroatoms. The quantitative estimate of drug-likeness (QED) is 0.785. The largest absolute Gasteiger partial charge is 0.481 e. The van der Waals surface area contributed by atoms with Gasteiger partial charge in [-0.3, -0.25) is 4.79 Å². The smallest absolute Gasteiger partial charge is 0.304 e. The van der Waals surface area contributed by atoms with Crippen LogP contribution in [0.4, 0.5) is 4.39 Å². The molecule has 0 aromatic heterocycles. The molecule has 1 aromatic rings. The van der Waals surface area contributed by atoms with Gasteiger partial charge < -0.3 is 10.4 Å². The van der Waals surface area contributed by atoms with Crippen LogP contribution in [0, 0.1) is 5.82 Å². The lowest BCUT2D eigenvalue weighted by molar-refractivity contribution is -0.137. The summed E-state index contributed by atoms with van der Waals surface area (Å²) in [4.78, 5) is 10.8. The Labute approximate surface area is 107 Å². The number of hydrogen-bond donors (Lipinski definition) is 2. The topological polar surface area (TPSA) is 49.3 Å². The monoisotopic (exact) mass is 253 g/mol. The van der Waals surface area contributed by atoms with Gasteiger partial charge in [0, 0.05) is 12.1 Å².